The number of rotatable bonds is 3. The van der Waals surface area contributed by atoms with E-state index in [4.69, 9.17) is 9.84 Å². The Hall–Kier alpha value is -1.02. The fraction of sp³-hybridized carbons (Fsp3) is 0.923. The molecule has 0 aliphatic carbocycles. The molecule has 1 heterocycles. The minimum Gasteiger partial charge on any atom is -0.444 e. The van der Waals surface area contributed by atoms with Crippen LogP contribution in [-0.4, -0.2) is 59.7 Å². The third kappa shape index (κ3) is 6.52. The number of amides is 1. The van der Waals surface area contributed by atoms with Gasteiger partial charge in [-0.15, -0.1) is 0 Å². The molecule has 124 valence electrons. The third-order valence-corrected chi connectivity index (χ3v) is 3.05. The lowest BCUT2D eigenvalue weighted by Crippen LogP contribution is -2.51. The molecule has 1 rings (SSSR count). The highest BCUT2D eigenvalue weighted by molar-refractivity contribution is 5.68. The zero-order valence-corrected chi connectivity index (χ0v) is 12.5. The van der Waals surface area contributed by atoms with Gasteiger partial charge >= 0.3 is 12.3 Å². The van der Waals surface area contributed by atoms with Gasteiger partial charge in [0, 0.05) is 25.7 Å². The van der Waals surface area contributed by atoms with E-state index in [0.29, 0.717) is 19.4 Å². The van der Waals surface area contributed by atoms with Gasteiger partial charge in [-0.05, 0) is 33.6 Å². The van der Waals surface area contributed by atoms with Gasteiger partial charge in [-0.1, -0.05) is 0 Å². The highest BCUT2D eigenvalue weighted by Crippen LogP contribution is 2.20. The minimum atomic E-state index is -4.63. The van der Waals surface area contributed by atoms with Crippen LogP contribution in [-0.2, 0) is 4.74 Å². The van der Waals surface area contributed by atoms with E-state index in [-0.39, 0.29) is 12.6 Å². The quantitative estimate of drug-likeness (QED) is 0.835. The van der Waals surface area contributed by atoms with Crippen molar-refractivity contribution < 1.29 is 27.8 Å². The molecule has 2 unspecified atom stereocenters. The van der Waals surface area contributed by atoms with E-state index in [1.54, 1.807) is 20.8 Å². The van der Waals surface area contributed by atoms with Crippen molar-refractivity contribution in [3.8, 4) is 0 Å². The lowest BCUT2D eigenvalue weighted by atomic mass is 10.1. The second-order valence-electron chi connectivity index (χ2n) is 6.23. The number of piperidine rings is 1. The van der Waals surface area contributed by atoms with Crippen LogP contribution < -0.4 is 5.32 Å². The molecular formula is C13H23F3N2O3. The smallest absolute Gasteiger partial charge is 0.415 e. The number of carbonyl (C=O) groups is 1. The van der Waals surface area contributed by atoms with Gasteiger partial charge in [0.25, 0.3) is 0 Å². The molecule has 0 aromatic heterocycles. The zero-order valence-electron chi connectivity index (χ0n) is 12.5. The summed E-state index contributed by atoms with van der Waals surface area (Å²) in [6.45, 7) is 5.49. The van der Waals surface area contributed by atoms with Crippen LogP contribution in [0.3, 0.4) is 0 Å². The molecule has 1 amide bonds. The summed E-state index contributed by atoms with van der Waals surface area (Å²) in [5, 5.41) is 11.6. The average Bonchev–Trinajstić information content (AvgIpc) is 2.33. The van der Waals surface area contributed by atoms with Gasteiger partial charge in [0.05, 0.1) is 0 Å². The number of alkyl halides is 3. The van der Waals surface area contributed by atoms with Crippen LogP contribution in [0.2, 0.25) is 0 Å². The molecular weight excluding hydrogens is 289 g/mol. The number of hydrogen-bond donors (Lipinski definition) is 2. The van der Waals surface area contributed by atoms with E-state index in [1.165, 1.54) is 4.90 Å². The summed E-state index contributed by atoms with van der Waals surface area (Å²) in [4.78, 5) is 13.4. The van der Waals surface area contributed by atoms with E-state index in [2.05, 4.69) is 5.32 Å². The number of halogens is 3. The zero-order chi connectivity index (χ0) is 16.3. The Morgan fingerprint density at radius 1 is 1.43 bits per heavy atom. The van der Waals surface area contributed by atoms with Crippen LogP contribution in [0.1, 0.15) is 33.6 Å². The summed E-state index contributed by atoms with van der Waals surface area (Å²) in [7, 11) is 0. The fourth-order valence-electron chi connectivity index (χ4n) is 2.03. The number of likely N-dealkylation sites (tertiary alicyclic amines) is 1. The van der Waals surface area contributed by atoms with Gasteiger partial charge < -0.3 is 20.1 Å². The molecule has 1 saturated heterocycles. The number of carbonyl (C=O) groups excluding carboxylic acids is 1. The van der Waals surface area contributed by atoms with Crippen molar-refractivity contribution >= 4 is 6.09 Å². The van der Waals surface area contributed by atoms with E-state index < -0.39 is 30.5 Å². The Labute approximate surface area is 122 Å². The van der Waals surface area contributed by atoms with Crippen LogP contribution in [0.15, 0.2) is 0 Å². The monoisotopic (exact) mass is 312 g/mol. The van der Waals surface area contributed by atoms with E-state index in [1.807, 2.05) is 0 Å². The molecule has 0 spiro atoms. The van der Waals surface area contributed by atoms with E-state index in [0.717, 1.165) is 0 Å². The molecule has 2 atom stereocenters. The average molecular weight is 312 g/mol. The largest absolute Gasteiger partial charge is 0.444 e. The highest BCUT2D eigenvalue weighted by atomic mass is 19.4. The molecule has 2 N–H and O–H groups in total. The molecule has 21 heavy (non-hydrogen) atoms. The number of ether oxygens (including phenoxy) is 1. The maximum absolute atomic E-state index is 12.2. The molecule has 0 radical (unpaired) electrons. The fourth-order valence-corrected chi connectivity index (χ4v) is 2.03. The van der Waals surface area contributed by atoms with Gasteiger partial charge in [-0.2, -0.15) is 13.2 Å². The lowest BCUT2D eigenvalue weighted by Gasteiger charge is -2.34. The van der Waals surface area contributed by atoms with Crippen molar-refractivity contribution in [3.63, 3.8) is 0 Å². The molecule has 1 aliphatic rings. The third-order valence-electron chi connectivity index (χ3n) is 3.05. The summed E-state index contributed by atoms with van der Waals surface area (Å²) >= 11 is 0. The molecule has 1 fully saturated rings. The standard InChI is InChI=1S/C13H23F3N2O3/c1-12(2,3)21-11(20)18-6-4-5-9(8-18)17-7-10(19)13(14,15)16/h9-10,17,19H,4-8H2,1-3H3. The maximum Gasteiger partial charge on any atom is 0.415 e. The molecule has 1 aliphatic heterocycles. The van der Waals surface area contributed by atoms with Crippen molar-refractivity contribution in [2.75, 3.05) is 19.6 Å². The summed E-state index contributed by atoms with van der Waals surface area (Å²) < 4.78 is 41.9. The summed E-state index contributed by atoms with van der Waals surface area (Å²) in [6, 6.07) is -0.275. The first-order valence-corrected chi connectivity index (χ1v) is 6.95. The Morgan fingerprint density at radius 3 is 2.57 bits per heavy atom. The first kappa shape index (κ1) is 18.0. The van der Waals surface area contributed by atoms with Crippen LogP contribution in [0.4, 0.5) is 18.0 Å². The number of nitrogens with zero attached hydrogens (tertiary/aromatic N) is 1. The van der Waals surface area contributed by atoms with Crippen LogP contribution in [0.5, 0.6) is 0 Å². The molecule has 5 nitrogen and oxygen atoms in total. The minimum absolute atomic E-state index is 0.275. The first-order valence-electron chi connectivity index (χ1n) is 6.95. The molecule has 0 saturated carbocycles. The number of aliphatic hydroxyl groups excluding tert-OH is 1. The van der Waals surface area contributed by atoms with Gasteiger partial charge in [0.15, 0.2) is 6.10 Å². The van der Waals surface area contributed by atoms with Crippen molar-refractivity contribution in [2.45, 2.75) is 57.5 Å². The van der Waals surface area contributed by atoms with E-state index >= 15 is 0 Å². The van der Waals surface area contributed by atoms with Crippen molar-refractivity contribution in [1.82, 2.24) is 10.2 Å². The van der Waals surface area contributed by atoms with Crippen LogP contribution in [0, 0.1) is 0 Å². The number of aliphatic hydroxyl groups is 1. The van der Waals surface area contributed by atoms with Gasteiger partial charge in [-0.25, -0.2) is 4.79 Å². The summed E-state index contributed by atoms with van der Waals surface area (Å²) in [5.41, 5.74) is -0.607. The predicted molar refractivity (Wildman–Crippen MR) is 70.9 cm³/mol. The number of hydrogen-bond acceptors (Lipinski definition) is 4. The molecule has 0 aromatic rings. The van der Waals surface area contributed by atoms with Crippen molar-refractivity contribution in [3.05, 3.63) is 0 Å². The number of nitrogens with one attached hydrogen (secondary N) is 1. The van der Waals surface area contributed by atoms with Gasteiger partial charge in [0.2, 0.25) is 0 Å². The molecule has 8 heteroatoms. The van der Waals surface area contributed by atoms with E-state index in [9.17, 15) is 18.0 Å². The molecule has 0 aromatic carbocycles. The predicted octanol–water partition coefficient (Wildman–Crippen LogP) is 1.90. The van der Waals surface area contributed by atoms with Gasteiger partial charge in [0.1, 0.15) is 5.60 Å². The maximum atomic E-state index is 12.2. The Kier molecular flexibility index (Phi) is 5.86. The summed E-state index contributed by atoms with van der Waals surface area (Å²) in [5.74, 6) is 0. The second-order valence-corrected chi connectivity index (χ2v) is 6.23. The second kappa shape index (κ2) is 6.83. The van der Waals surface area contributed by atoms with Gasteiger partial charge in [-0.3, -0.25) is 0 Å². The Balaban J connectivity index is 2.44. The Morgan fingerprint density at radius 2 is 2.05 bits per heavy atom. The van der Waals surface area contributed by atoms with Crippen molar-refractivity contribution in [1.29, 1.82) is 0 Å². The normalized spacial score (nSPS) is 22.0. The highest BCUT2D eigenvalue weighted by Gasteiger charge is 2.38. The summed E-state index contributed by atoms with van der Waals surface area (Å²) in [6.07, 6.45) is -6.16. The van der Waals surface area contributed by atoms with Crippen LogP contribution >= 0.6 is 0 Å². The molecule has 0 bridgehead atoms. The van der Waals surface area contributed by atoms with Crippen molar-refractivity contribution in [2.24, 2.45) is 0 Å². The SMILES string of the molecule is CC(C)(C)OC(=O)N1CCCC(NCC(O)C(F)(F)F)C1. The first-order chi connectivity index (χ1) is 9.49. The Bertz CT molecular complexity index is 356. The van der Waals surface area contributed by atoms with Crippen LogP contribution in [0.25, 0.3) is 0 Å². The topological polar surface area (TPSA) is 61.8 Å². The lowest BCUT2D eigenvalue weighted by molar-refractivity contribution is -0.202.